The van der Waals surface area contributed by atoms with E-state index in [0.717, 1.165) is 5.56 Å². The standard InChI is InChI=1S/C16H36N.C11H17NO3S/c1-5-9-13-17(14-10-6-2,15-11-7-3)16-12-8-4;1-10(11-6-3-2-4-7-11)12-8-5-9-16(13,14)15/h5-16H2,1-4H3;2-4,6-7,10,12H,5,8-9H2,1H3,(H,13,14,15)/q+1;/p-1/t;10-/m.0/s1. The van der Waals surface area contributed by atoms with E-state index < -0.39 is 10.1 Å². The Morgan fingerprint density at radius 2 is 1.21 bits per heavy atom. The summed E-state index contributed by atoms with van der Waals surface area (Å²) in [6.45, 7) is 17.5. The van der Waals surface area contributed by atoms with Gasteiger partial charge >= 0.3 is 0 Å². The van der Waals surface area contributed by atoms with Gasteiger partial charge in [0, 0.05) is 11.8 Å². The lowest BCUT2D eigenvalue weighted by Gasteiger charge is -2.39. The van der Waals surface area contributed by atoms with E-state index in [9.17, 15) is 13.0 Å². The van der Waals surface area contributed by atoms with Gasteiger partial charge in [0.25, 0.3) is 0 Å². The molecular weight excluding hydrogens is 432 g/mol. The zero-order chi connectivity index (χ0) is 25.0. The fourth-order valence-corrected chi connectivity index (χ4v) is 4.57. The Kier molecular flexibility index (Phi) is 18.8. The smallest absolute Gasteiger partial charge is 0.0946 e. The van der Waals surface area contributed by atoms with Crippen LogP contribution in [0.15, 0.2) is 30.3 Å². The molecule has 194 valence electrons. The molecule has 33 heavy (non-hydrogen) atoms. The van der Waals surface area contributed by atoms with Gasteiger partial charge < -0.3 is 14.4 Å². The number of unbranched alkanes of at least 4 members (excludes halogenated alkanes) is 4. The van der Waals surface area contributed by atoms with Crippen molar-refractivity contribution in [2.75, 3.05) is 38.5 Å². The quantitative estimate of drug-likeness (QED) is 0.151. The third-order valence-electron chi connectivity index (χ3n) is 6.27. The van der Waals surface area contributed by atoms with Crippen LogP contribution in [0.4, 0.5) is 0 Å². The van der Waals surface area contributed by atoms with Crippen molar-refractivity contribution in [3.05, 3.63) is 35.9 Å². The van der Waals surface area contributed by atoms with E-state index in [2.05, 4.69) is 33.0 Å². The molecule has 0 saturated carbocycles. The third-order valence-corrected chi connectivity index (χ3v) is 7.05. The molecule has 0 fully saturated rings. The summed E-state index contributed by atoms with van der Waals surface area (Å²) < 4.78 is 32.5. The van der Waals surface area contributed by atoms with Crippen LogP contribution in [0.3, 0.4) is 0 Å². The molecule has 1 atom stereocenters. The summed E-state index contributed by atoms with van der Waals surface area (Å²) >= 11 is 0. The van der Waals surface area contributed by atoms with Gasteiger partial charge in [-0.15, -0.1) is 0 Å². The van der Waals surface area contributed by atoms with Gasteiger partial charge in [0.2, 0.25) is 0 Å². The molecule has 1 aromatic carbocycles. The fraction of sp³-hybridized carbons (Fsp3) is 0.778. The predicted molar refractivity (Wildman–Crippen MR) is 141 cm³/mol. The summed E-state index contributed by atoms with van der Waals surface area (Å²) in [6, 6.07) is 10.0. The maximum Gasteiger partial charge on any atom is 0.0946 e. The molecule has 0 unspecified atom stereocenters. The minimum Gasteiger partial charge on any atom is -0.748 e. The van der Waals surface area contributed by atoms with Crippen molar-refractivity contribution in [2.45, 2.75) is 98.4 Å². The molecule has 0 aliphatic rings. The molecule has 0 heterocycles. The fourth-order valence-electron chi connectivity index (χ4n) is 4.07. The van der Waals surface area contributed by atoms with Crippen molar-refractivity contribution in [3.8, 4) is 0 Å². The molecular formula is C27H52N2O3S. The number of quaternary nitrogens is 1. The summed E-state index contributed by atoms with van der Waals surface area (Å²) in [5, 5.41) is 3.17. The van der Waals surface area contributed by atoms with Gasteiger partial charge in [-0.05, 0) is 51.1 Å². The van der Waals surface area contributed by atoms with Crippen LogP contribution in [0.2, 0.25) is 0 Å². The van der Waals surface area contributed by atoms with E-state index in [1.807, 2.05) is 37.3 Å². The van der Waals surface area contributed by atoms with Gasteiger partial charge in [0.1, 0.15) is 0 Å². The van der Waals surface area contributed by atoms with Crippen LogP contribution in [0.5, 0.6) is 0 Å². The molecule has 1 rings (SSSR count). The number of rotatable bonds is 18. The van der Waals surface area contributed by atoms with Crippen LogP contribution in [0.25, 0.3) is 0 Å². The summed E-state index contributed by atoms with van der Waals surface area (Å²) in [6.07, 6.45) is 11.4. The first-order valence-corrected chi connectivity index (χ1v) is 14.9. The van der Waals surface area contributed by atoms with Gasteiger partial charge in [-0.3, -0.25) is 0 Å². The highest BCUT2D eigenvalue weighted by molar-refractivity contribution is 7.85. The molecule has 0 amide bonds. The second kappa shape index (κ2) is 19.4. The van der Waals surface area contributed by atoms with Crippen LogP contribution in [-0.4, -0.2) is 55.9 Å². The van der Waals surface area contributed by atoms with Gasteiger partial charge in [-0.1, -0.05) is 83.7 Å². The Labute approximate surface area is 205 Å². The Hall–Kier alpha value is -0.950. The molecule has 0 aliphatic carbocycles. The predicted octanol–water partition coefficient (Wildman–Crippen LogP) is 6.28. The monoisotopic (exact) mass is 484 g/mol. The van der Waals surface area contributed by atoms with E-state index in [4.69, 9.17) is 0 Å². The summed E-state index contributed by atoms with van der Waals surface area (Å²) in [5.74, 6) is -0.304. The topological polar surface area (TPSA) is 69.2 Å². The van der Waals surface area contributed by atoms with E-state index in [1.165, 1.54) is 82.0 Å². The van der Waals surface area contributed by atoms with Gasteiger partial charge in [-0.25, -0.2) is 8.42 Å². The van der Waals surface area contributed by atoms with Crippen molar-refractivity contribution in [1.82, 2.24) is 5.32 Å². The first kappa shape index (κ1) is 32.0. The Bertz CT molecular complexity index is 628. The van der Waals surface area contributed by atoms with Crippen LogP contribution in [0, 0.1) is 0 Å². The van der Waals surface area contributed by atoms with Crippen LogP contribution >= 0.6 is 0 Å². The largest absolute Gasteiger partial charge is 0.748 e. The van der Waals surface area contributed by atoms with Crippen molar-refractivity contribution in [2.24, 2.45) is 0 Å². The number of hydrogen-bond donors (Lipinski definition) is 1. The Morgan fingerprint density at radius 1 is 0.788 bits per heavy atom. The van der Waals surface area contributed by atoms with Gasteiger partial charge in [0.05, 0.1) is 36.3 Å². The van der Waals surface area contributed by atoms with Gasteiger partial charge in [0.15, 0.2) is 0 Å². The highest BCUT2D eigenvalue weighted by atomic mass is 32.2. The normalized spacial score (nSPS) is 12.8. The summed E-state index contributed by atoms with van der Waals surface area (Å²) in [4.78, 5) is 0. The van der Waals surface area contributed by atoms with Crippen molar-refractivity contribution < 1.29 is 17.5 Å². The zero-order valence-corrected chi connectivity index (χ0v) is 23.0. The van der Waals surface area contributed by atoms with Crippen molar-refractivity contribution >= 4 is 10.1 Å². The van der Waals surface area contributed by atoms with E-state index in [0.29, 0.717) is 13.0 Å². The zero-order valence-electron chi connectivity index (χ0n) is 22.2. The molecule has 1 N–H and O–H groups in total. The maximum absolute atomic E-state index is 10.4. The van der Waals surface area contributed by atoms with E-state index in [1.54, 1.807) is 0 Å². The van der Waals surface area contributed by atoms with Crippen molar-refractivity contribution in [3.63, 3.8) is 0 Å². The lowest BCUT2D eigenvalue weighted by atomic mass is 10.1. The van der Waals surface area contributed by atoms with Crippen LogP contribution in [-0.2, 0) is 10.1 Å². The molecule has 0 saturated heterocycles. The lowest BCUT2D eigenvalue weighted by Crippen LogP contribution is -2.50. The number of hydrogen-bond acceptors (Lipinski definition) is 4. The average Bonchev–Trinajstić information content (AvgIpc) is 2.81. The number of nitrogens with one attached hydrogen (secondary N) is 1. The molecule has 0 aliphatic heterocycles. The Morgan fingerprint density at radius 3 is 1.58 bits per heavy atom. The molecule has 0 bridgehead atoms. The highest BCUT2D eigenvalue weighted by Crippen LogP contribution is 2.16. The van der Waals surface area contributed by atoms with Gasteiger partial charge in [-0.2, -0.15) is 0 Å². The molecule has 1 aromatic rings. The molecule has 5 nitrogen and oxygen atoms in total. The van der Waals surface area contributed by atoms with E-state index >= 15 is 0 Å². The number of benzene rings is 1. The molecule has 0 spiro atoms. The molecule has 0 radical (unpaired) electrons. The molecule has 0 aromatic heterocycles. The molecule has 6 heteroatoms. The minimum absolute atomic E-state index is 0.163. The first-order chi connectivity index (χ1) is 15.7. The summed E-state index contributed by atoms with van der Waals surface area (Å²) in [7, 11) is -4.08. The second-order valence-corrected chi connectivity index (χ2v) is 10.9. The summed E-state index contributed by atoms with van der Waals surface area (Å²) in [5.41, 5.74) is 1.15. The lowest BCUT2D eigenvalue weighted by molar-refractivity contribution is -0.929. The first-order valence-electron chi connectivity index (χ1n) is 13.3. The van der Waals surface area contributed by atoms with E-state index in [-0.39, 0.29) is 11.8 Å². The highest BCUT2D eigenvalue weighted by Gasteiger charge is 2.24. The second-order valence-electron chi connectivity index (χ2n) is 9.35. The van der Waals surface area contributed by atoms with Crippen LogP contribution in [0.1, 0.15) is 104 Å². The minimum atomic E-state index is -4.08. The average molecular weight is 485 g/mol. The number of nitrogens with zero attached hydrogens (tertiary/aromatic N) is 1. The maximum atomic E-state index is 10.4. The van der Waals surface area contributed by atoms with Crippen molar-refractivity contribution in [1.29, 1.82) is 0 Å². The SMILES string of the molecule is CCCC[N+](CCCC)(CCCC)CCCC.C[C@H](NCCCS(=O)(=O)[O-])c1ccccc1. The Balaban J connectivity index is 0.000000621. The van der Waals surface area contributed by atoms with Crippen LogP contribution < -0.4 is 5.32 Å². The third kappa shape index (κ3) is 17.2.